The average Bonchev–Trinajstić information content (AvgIpc) is 2.64. The molecule has 1 fully saturated rings. The Balaban J connectivity index is 2.26. The van der Waals surface area contributed by atoms with Crippen LogP contribution in [0.3, 0.4) is 0 Å². The highest BCUT2D eigenvalue weighted by Crippen LogP contribution is 2.30. The molecule has 1 atom stereocenters. The van der Waals surface area contributed by atoms with Gasteiger partial charge in [0.05, 0.1) is 11.8 Å². The molecule has 0 saturated carbocycles. The molecule has 0 bridgehead atoms. The van der Waals surface area contributed by atoms with E-state index in [4.69, 9.17) is 10.5 Å². The van der Waals surface area contributed by atoms with Crippen LogP contribution in [0.25, 0.3) is 0 Å². The highest BCUT2D eigenvalue weighted by molar-refractivity contribution is 5.41. The number of nitrogens with two attached hydrogens (primary N) is 1. The molecule has 2 rings (SSSR count). The number of H-pyrrole nitrogens is 1. The standard InChI is InChI=1S/C8H13N3O/c1-5-7(10-11-8(5)9)6-3-2-4-12-6/h6H,2-4H2,1H3,(H3,9,10,11). The predicted octanol–water partition coefficient (Wildman–Crippen LogP) is 1.15. The summed E-state index contributed by atoms with van der Waals surface area (Å²) in [5.41, 5.74) is 7.69. The van der Waals surface area contributed by atoms with E-state index in [1.165, 1.54) is 0 Å². The number of nitrogens with zero attached hydrogens (tertiary/aromatic N) is 1. The van der Waals surface area contributed by atoms with Gasteiger partial charge in [-0.2, -0.15) is 5.10 Å². The number of nitrogen functional groups attached to an aromatic ring is 1. The fourth-order valence-corrected chi connectivity index (χ4v) is 1.54. The zero-order chi connectivity index (χ0) is 8.55. The van der Waals surface area contributed by atoms with E-state index in [2.05, 4.69) is 10.2 Å². The van der Waals surface area contributed by atoms with Gasteiger partial charge in [-0.1, -0.05) is 0 Å². The van der Waals surface area contributed by atoms with Gasteiger partial charge in [0.2, 0.25) is 0 Å². The molecule has 1 aromatic heterocycles. The zero-order valence-electron chi connectivity index (χ0n) is 7.13. The third-order valence-electron chi connectivity index (χ3n) is 2.34. The largest absolute Gasteiger partial charge is 0.382 e. The number of anilines is 1. The molecule has 0 amide bonds. The van der Waals surface area contributed by atoms with Crippen molar-refractivity contribution >= 4 is 5.82 Å². The predicted molar refractivity (Wildman–Crippen MR) is 45.7 cm³/mol. The summed E-state index contributed by atoms with van der Waals surface area (Å²) >= 11 is 0. The summed E-state index contributed by atoms with van der Waals surface area (Å²) in [6.07, 6.45) is 2.39. The summed E-state index contributed by atoms with van der Waals surface area (Å²) in [7, 11) is 0. The molecule has 12 heavy (non-hydrogen) atoms. The van der Waals surface area contributed by atoms with Gasteiger partial charge < -0.3 is 10.5 Å². The fraction of sp³-hybridized carbons (Fsp3) is 0.625. The molecule has 1 aliphatic heterocycles. The number of aromatic amines is 1. The number of ether oxygens (including phenoxy) is 1. The first-order valence-electron chi connectivity index (χ1n) is 4.21. The molecule has 2 heterocycles. The first-order valence-corrected chi connectivity index (χ1v) is 4.21. The first-order chi connectivity index (χ1) is 5.79. The van der Waals surface area contributed by atoms with E-state index < -0.39 is 0 Å². The van der Waals surface area contributed by atoms with Crippen LogP contribution < -0.4 is 5.73 Å². The van der Waals surface area contributed by atoms with Gasteiger partial charge in [0.1, 0.15) is 5.82 Å². The second kappa shape index (κ2) is 2.79. The zero-order valence-corrected chi connectivity index (χ0v) is 7.13. The summed E-state index contributed by atoms with van der Waals surface area (Å²) in [6.45, 7) is 2.82. The molecular formula is C8H13N3O. The Morgan fingerprint density at radius 2 is 2.50 bits per heavy atom. The maximum Gasteiger partial charge on any atom is 0.148 e. The minimum atomic E-state index is 0.190. The molecule has 0 spiro atoms. The molecule has 0 aromatic carbocycles. The van der Waals surface area contributed by atoms with E-state index in [0.717, 1.165) is 30.7 Å². The summed E-state index contributed by atoms with van der Waals surface area (Å²) in [5.74, 6) is 0.584. The Labute approximate surface area is 71.1 Å². The number of aromatic nitrogens is 2. The summed E-state index contributed by atoms with van der Waals surface area (Å²) < 4.78 is 5.51. The summed E-state index contributed by atoms with van der Waals surface area (Å²) in [5, 5.41) is 6.85. The maximum atomic E-state index is 5.61. The molecular weight excluding hydrogens is 154 g/mol. The van der Waals surface area contributed by atoms with Crippen molar-refractivity contribution in [1.29, 1.82) is 0 Å². The van der Waals surface area contributed by atoms with Crippen molar-refractivity contribution in [3.8, 4) is 0 Å². The smallest absolute Gasteiger partial charge is 0.148 e. The molecule has 0 radical (unpaired) electrons. The number of hydrogen-bond acceptors (Lipinski definition) is 3. The van der Waals surface area contributed by atoms with Crippen LogP contribution >= 0.6 is 0 Å². The Morgan fingerprint density at radius 1 is 1.67 bits per heavy atom. The van der Waals surface area contributed by atoms with Gasteiger partial charge in [-0.3, -0.25) is 5.10 Å². The lowest BCUT2D eigenvalue weighted by molar-refractivity contribution is 0.108. The van der Waals surface area contributed by atoms with E-state index in [9.17, 15) is 0 Å². The summed E-state index contributed by atoms with van der Waals surface area (Å²) in [4.78, 5) is 0. The van der Waals surface area contributed by atoms with Gasteiger partial charge in [-0.25, -0.2) is 0 Å². The Kier molecular flexibility index (Phi) is 1.77. The fourth-order valence-electron chi connectivity index (χ4n) is 1.54. The van der Waals surface area contributed by atoms with Crippen molar-refractivity contribution in [2.24, 2.45) is 0 Å². The van der Waals surface area contributed by atoms with E-state index >= 15 is 0 Å². The van der Waals surface area contributed by atoms with Crippen LogP contribution in [-0.4, -0.2) is 16.8 Å². The lowest BCUT2D eigenvalue weighted by Gasteiger charge is -2.06. The van der Waals surface area contributed by atoms with E-state index in [-0.39, 0.29) is 6.10 Å². The van der Waals surface area contributed by atoms with E-state index in [1.807, 2.05) is 6.92 Å². The molecule has 4 heteroatoms. The maximum absolute atomic E-state index is 5.61. The van der Waals surface area contributed by atoms with Crippen molar-refractivity contribution < 1.29 is 4.74 Å². The van der Waals surface area contributed by atoms with Gasteiger partial charge in [0.15, 0.2) is 0 Å². The molecule has 1 aromatic rings. The van der Waals surface area contributed by atoms with Crippen LogP contribution in [-0.2, 0) is 4.74 Å². The molecule has 3 N–H and O–H groups in total. The SMILES string of the molecule is Cc1c(N)n[nH]c1C1CCCO1. The number of rotatable bonds is 1. The van der Waals surface area contributed by atoms with Crippen molar-refractivity contribution in [1.82, 2.24) is 10.2 Å². The lowest BCUT2D eigenvalue weighted by Crippen LogP contribution is -1.98. The average molecular weight is 167 g/mol. The number of nitrogens with one attached hydrogen (secondary N) is 1. The van der Waals surface area contributed by atoms with Crippen molar-refractivity contribution in [2.45, 2.75) is 25.9 Å². The second-order valence-electron chi connectivity index (χ2n) is 3.15. The van der Waals surface area contributed by atoms with Crippen molar-refractivity contribution in [3.63, 3.8) is 0 Å². The molecule has 1 saturated heterocycles. The minimum absolute atomic E-state index is 0.190. The van der Waals surface area contributed by atoms with Gasteiger partial charge >= 0.3 is 0 Å². The van der Waals surface area contributed by atoms with Crippen LogP contribution in [0.4, 0.5) is 5.82 Å². The van der Waals surface area contributed by atoms with Crippen molar-refractivity contribution in [3.05, 3.63) is 11.3 Å². The minimum Gasteiger partial charge on any atom is -0.382 e. The Hall–Kier alpha value is -1.03. The van der Waals surface area contributed by atoms with Crippen LogP contribution in [0.5, 0.6) is 0 Å². The molecule has 1 unspecified atom stereocenters. The normalized spacial score (nSPS) is 23.2. The third-order valence-corrected chi connectivity index (χ3v) is 2.34. The van der Waals surface area contributed by atoms with Gasteiger partial charge in [-0.05, 0) is 19.8 Å². The lowest BCUT2D eigenvalue weighted by atomic mass is 10.1. The van der Waals surface area contributed by atoms with Crippen LogP contribution in [0.1, 0.15) is 30.2 Å². The van der Waals surface area contributed by atoms with Gasteiger partial charge in [0.25, 0.3) is 0 Å². The van der Waals surface area contributed by atoms with Gasteiger partial charge in [-0.15, -0.1) is 0 Å². The molecule has 66 valence electrons. The highest BCUT2D eigenvalue weighted by Gasteiger charge is 2.22. The van der Waals surface area contributed by atoms with Gasteiger partial charge in [0, 0.05) is 12.2 Å². The first kappa shape index (κ1) is 7.61. The monoisotopic (exact) mass is 167 g/mol. The third kappa shape index (κ3) is 1.08. The van der Waals surface area contributed by atoms with Crippen LogP contribution in [0, 0.1) is 6.92 Å². The molecule has 4 nitrogen and oxygen atoms in total. The van der Waals surface area contributed by atoms with Crippen LogP contribution in [0.15, 0.2) is 0 Å². The topological polar surface area (TPSA) is 63.9 Å². The van der Waals surface area contributed by atoms with E-state index in [0.29, 0.717) is 5.82 Å². The second-order valence-corrected chi connectivity index (χ2v) is 3.15. The highest BCUT2D eigenvalue weighted by atomic mass is 16.5. The molecule has 1 aliphatic rings. The number of hydrogen-bond donors (Lipinski definition) is 2. The summed E-state index contributed by atoms with van der Waals surface area (Å²) in [6, 6.07) is 0. The van der Waals surface area contributed by atoms with Crippen molar-refractivity contribution in [2.75, 3.05) is 12.3 Å². The Morgan fingerprint density at radius 3 is 3.00 bits per heavy atom. The van der Waals surface area contributed by atoms with E-state index in [1.54, 1.807) is 0 Å². The van der Waals surface area contributed by atoms with Crippen LogP contribution in [0.2, 0.25) is 0 Å². The Bertz CT molecular complexity index is 276. The molecule has 0 aliphatic carbocycles. The quantitative estimate of drug-likeness (QED) is 0.659.